The summed E-state index contributed by atoms with van der Waals surface area (Å²) in [5.74, 6) is 2.34. The van der Waals surface area contributed by atoms with Gasteiger partial charge in [0.2, 0.25) is 0 Å². The average molecular weight is 726 g/mol. The lowest BCUT2D eigenvalue weighted by atomic mass is 9.82. The smallest absolute Gasteiger partial charge is 0.0547 e. The molecule has 0 aliphatic heterocycles. The molecule has 1 heteroatoms. The highest BCUT2D eigenvalue weighted by Gasteiger charge is 2.36. The molecule has 2 aliphatic rings. The van der Waals surface area contributed by atoms with Crippen LogP contribution in [0.3, 0.4) is 0 Å². The van der Waals surface area contributed by atoms with E-state index >= 15 is 0 Å². The van der Waals surface area contributed by atoms with E-state index in [4.69, 9.17) is 6.42 Å². The first-order chi connectivity index (χ1) is 28.0. The number of para-hydroxylation sites is 1. The molecule has 1 nitrogen and oxygen atoms in total. The number of hydrogen-bond acceptors (Lipinski definition) is 0. The number of nitrogens with zero attached hydrogens (tertiary/aromatic N) is 1. The Hall–Kier alpha value is -7.14. The average Bonchev–Trinajstić information content (AvgIpc) is 3.85. The summed E-state index contributed by atoms with van der Waals surface area (Å²) < 4.78 is 2.46. The van der Waals surface area contributed by atoms with Crippen LogP contribution in [0.4, 0.5) is 0 Å². The molecule has 268 valence electrons. The number of terminal acetylenes is 1. The van der Waals surface area contributed by atoms with E-state index in [1.165, 1.54) is 115 Å². The molecule has 0 N–H and O–H groups in total. The van der Waals surface area contributed by atoms with Crippen molar-refractivity contribution in [2.75, 3.05) is 0 Å². The van der Waals surface area contributed by atoms with Crippen LogP contribution in [-0.2, 0) is 5.41 Å². The van der Waals surface area contributed by atoms with Crippen molar-refractivity contribution in [3.05, 3.63) is 187 Å². The molecule has 9 aromatic carbocycles. The number of fused-ring (bicyclic) bond motifs is 13. The van der Waals surface area contributed by atoms with E-state index in [1.807, 2.05) is 13.0 Å². The molecule has 0 atom stereocenters. The van der Waals surface area contributed by atoms with Crippen LogP contribution in [0.5, 0.6) is 0 Å². The van der Waals surface area contributed by atoms with Gasteiger partial charge >= 0.3 is 0 Å². The fourth-order valence-corrected chi connectivity index (χ4v) is 10.0. The maximum Gasteiger partial charge on any atom is 0.0547 e. The van der Waals surface area contributed by atoms with Gasteiger partial charge in [0.25, 0.3) is 0 Å². The first-order valence-electron chi connectivity index (χ1n) is 19.8. The van der Waals surface area contributed by atoms with Crippen molar-refractivity contribution < 1.29 is 0 Å². The Morgan fingerprint density at radius 1 is 0.491 bits per heavy atom. The molecule has 0 bridgehead atoms. The molecule has 0 spiro atoms. The molecule has 0 radical (unpaired) electrons. The molecule has 0 saturated heterocycles. The van der Waals surface area contributed by atoms with Crippen molar-refractivity contribution >= 4 is 54.1 Å². The van der Waals surface area contributed by atoms with Crippen molar-refractivity contribution in [2.45, 2.75) is 26.2 Å². The largest absolute Gasteiger partial charge is 0.309 e. The Labute approximate surface area is 333 Å². The van der Waals surface area contributed by atoms with Gasteiger partial charge < -0.3 is 4.57 Å². The van der Waals surface area contributed by atoms with Gasteiger partial charge in [-0.25, -0.2) is 0 Å². The zero-order valence-electron chi connectivity index (χ0n) is 32.3. The lowest BCUT2D eigenvalue weighted by molar-refractivity contribution is 0.661. The van der Waals surface area contributed by atoms with Crippen LogP contribution < -0.4 is 0 Å². The van der Waals surface area contributed by atoms with Crippen molar-refractivity contribution in [2.24, 2.45) is 0 Å². The molecule has 0 saturated carbocycles. The zero-order valence-corrected chi connectivity index (χ0v) is 32.3. The lowest BCUT2D eigenvalue weighted by Gasteiger charge is -2.21. The topological polar surface area (TPSA) is 4.93 Å². The van der Waals surface area contributed by atoms with Crippen molar-refractivity contribution in [3.8, 4) is 62.5 Å². The van der Waals surface area contributed by atoms with Gasteiger partial charge in [-0.1, -0.05) is 159 Å². The van der Waals surface area contributed by atoms with Gasteiger partial charge in [-0.3, -0.25) is 0 Å². The zero-order chi connectivity index (χ0) is 38.4. The fraction of sp³-hybridized carbons (Fsp3) is 0.0714. The molecular weight excluding hydrogens is 687 g/mol. The Morgan fingerprint density at radius 2 is 1.16 bits per heavy atom. The van der Waals surface area contributed by atoms with Crippen LogP contribution in [0.25, 0.3) is 104 Å². The molecule has 12 rings (SSSR count). The minimum atomic E-state index is -0.0197. The Morgan fingerprint density at radius 3 is 1.96 bits per heavy atom. The molecule has 57 heavy (non-hydrogen) atoms. The third kappa shape index (κ3) is 4.71. The summed E-state index contributed by atoms with van der Waals surface area (Å²) in [5, 5.41) is 10.4. The van der Waals surface area contributed by atoms with Gasteiger partial charge in [0.1, 0.15) is 0 Å². The highest BCUT2D eigenvalue weighted by atomic mass is 15.0. The molecule has 1 heterocycles. The summed E-state index contributed by atoms with van der Waals surface area (Å²) >= 11 is 0. The molecule has 1 aromatic heterocycles. The first-order valence-corrected chi connectivity index (χ1v) is 19.8. The van der Waals surface area contributed by atoms with Gasteiger partial charge in [0.05, 0.1) is 11.0 Å². The number of rotatable bonds is 2. The first kappa shape index (κ1) is 33.2. The highest BCUT2D eigenvalue weighted by Crippen LogP contribution is 2.53. The second-order valence-corrected chi connectivity index (χ2v) is 15.9. The molecule has 10 aromatic rings. The van der Waals surface area contributed by atoms with Crippen LogP contribution in [0.15, 0.2) is 176 Å². The molecule has 0 amide bonds. The van der Waals surface area contributed by atoms with E-state index in [0.29, 0.717) is 0 Å². The monoisotopic (exact) mass is 725 g/mol. The predicted octanol–water partition coefficient (Wildman–Crippen LogP) is 15.1. The van der Waals surface area contributed by atoms with Gasteiger partial charge in [-0.2, -0.15) is 0 Å². The predicted molar refractivity (Wildman–Crippen MR) is 244 cm³/mol. The number of allylic oxidation sites excluding steroid dienone is 2. The maximum atomic E-state index is 4.80. The van der Waals surface area contributed by atoms with Crippen molar-refractivity contribution in [1.29, 1.82) is 0 Å². The second kappa shape index (κ2) is 12.4. The normalized spacial score (nSPS) is 13.2. The van der Waals surface area contributed by atoms with E-state index < -0.39 is 0 Å². The highest BCUT2D eigenvalue weighted by molar-refractivity contribution is 6.24. The van der Waals surface area contributed by atoms with Crippen LogP contribution >= 0.6 is 0 Å². The Bertz CT molecular complexity index is 3370. The molecule has 0 unspecified atom stereocenters. The fourth-order valence-electron chi connectivity index (χ4n) is 10.0. The Kier molecular flexibility index (Phi) is 7.25. The summed E-state index contributed by atoms with van der Waals surface area (Å²) in [6.07, 6.45) is 8.27. The van der Waals surface area contributed by atoms with Crippen LogP contribution in [0.2, 0.25) is 0 Å². The number of hydrogen-bond donors (Lipinski definition) is 0. The van der Waals surface area contributed by atoms with E-state index in [9.17, 15) is 0 Å². The molecular formula is C56H39N. The third-order valence-electron chi connectivity index (χ3n) is 12.6. The third-order valence-corrected chi connectivity index (χ3v) is 12.6. The summed E-state index contributed by atoms with van der Waals surface area (Å²) in [5.41, 5.74) is 17.1. The van der Waals surface area contributed by atoms with Gasteiger partial charge in [-0.05, 0) is 131 Å². The van der Waals surface area contributed by atoms with Gasteiger partial charge in [0, 0.05) is 21.9 Å². The van der Waals surface area contributed by atoms with E-state index in [1.54, 1.807) is 6.08 Å². The molecule has 2 aliphatic carbocycles. The summed E-state index contributed by atoms with van der Waals surface area (Å²) in [6.45, 7) is 6.62. The van der Waals surface area contributed by atoms with Crippen LogP contribution in [0.1, 0.15) is 31.9 Å². The molecule has 0 fully saturated rings. The quantitative estimate of drug-likeness (QED) is 0.156. The summed E-state index contributed by atoms with van der Waals surface area (Å²) in [4.78, 5) is 0. The van der Waals surface area contributed by atoms with Crippen molar-refractivity contribution in [3.63, 3.8) is 0 Å². The van der Waals surface area contributed by atoms with Gasteiger partial charge in [0.15, 0.2) is 0 Å². The summed E-state index contributed by atoms with van der Waals surface area (Å²) in [7, 11) is 0. The lowest BCUT2D eigenvalue weighted by Crippen LogP contribution is -2.14. The number of aromatic nitrogens is 1. The Balaban J connectivity index is 0.000000708. The van der Waals surface area contributed by atoms with Crippen molar-refractivity contribution in [1.82, 2.24) is 4.57 Å². The van der Waals surface area contributed by atoms with E-state index in [-0.39, 0.29) is 5.41 Å². The SMILES string of the molecule is C#C/C=C\C.CC1(C)c2ccccc2-c2c1ccc1c2ccc2c1c1ccccc1n2-c1ccc2cc(-c3ccc4c5c(cccc35)-c3ccccc3-4)ccc2c1. The van der Waals surface area contributed by atoms with Gasteiger partial charge in [-0.15, -0.1) is 6.42 Å². The maximum absolute atomic E-state index is 4.80. The van der Waals surface area contributed by atoms with E-state index in [2.05, 4.69) is 188 Å². The van der Waals surface area contributed by atoms with Crippen LogP contribution in [-0.4, -0.2) is 4.57 Å². The summed E-state index contributed by atoms with van der Waals surface area (Å²) in [6, 6.07) is 61.5. The number of benzene rings is 9. The second-order valence-electron chi connectivity index (χ2n) is 15.9. The standard InChI is InChI=1S/C51H33N.C5H6/c1-51(2)44-16-7-5-12-42(44)49-40-25-27-47-50(41(40)24-26-45(49)51)43-13-6-8-17-46(43)52(47)33-21-20-30-28-32(19-18-31(30)29-33)34-22-23-39-36-11-4-3-10-35(36)38-15-9-14-37(34)48(38)39;1-3-5-4-2/h3-29H,1-2H3;1,4-5H,2H3/b;5-4-. The van der Waals surface area contributed by atoms with E-state index in [0.717, 1.165) is 0 Å². The minimum absolute atomic E-state index is 0.0197. The minimum Gasteiger partial charge on any atom is -0.309 e. The van der Waals surface area contributed by atoms with Crippen LogP contribution in [0, 0.1) is 12.3 Å².